The van der Waals surface area contributed by atoms with Crippen LogP contribution >= 0.6 is 11.6 Å². The van der Waals surface area contributed by atoms with Gasteiger partial charge >= 0.3 is 0 Å². The number of carbonyl (C=O) groups is 1. The molecule has 0 aromatic heterocycles. The molecule has 7 heteroatoms. The van der Waals surface area contributed by atoms with Gasteiger partial charge in [-0.05, 0) is 36.4 Å². The highest BCUT2D eigenvalue weighted by molar-refractivity contribution is 6.32. The van der Waals surface area contributed by atoms with E-state index in [2.05, 4.69) is 5.32 Å². The summed E-state index contributed by atoms with van der Waals surface area (Å²) in [6, 6.07) is 7.16. The van der Waals surface area contributed by atoms with Crippen molar-refractivity contribution in [2.75, 3.05) is 17.7 Å². The fourth-order valence-corrected chi connectivity index (χ4v) is 1.79. The van der Waals surface area contributed by atoms with Gasteiger partial charge in [0.25, 0.3) is 5.91 Å². The summed E-state index contributed by atoms with van der Waals surface area (Å²) in [7, 11) is 0. The Bertz CT molecular complexity index is 680. The Morgan fingerprint density at radius 2 is 1.86 bits per heavy atom. The molecule has 0 aliphatic heterocycles. The van der Waals surface area contributed by atoms with Crippen LogP contribution in [0.2, 0.25) is 5.02 Å². The first-order chi connectivity index (χ1) is 9.95. The standard InChI is InChI=1S/C14H11ClF2N2O2/c15-10-5-8(16)2-4-13(10)21-7-14(20)19-12-3-1-9(17)6-11(12)18/h1-6H,7,18H2,(H,19,20). The first kappa shape index (κ1) is 15.1. The van der Waals surface area contributed by atoms with Crippen LogP contribution < -0.4 is 15.8 Å². The molecular weight excluding hydrogens is 302 g/mol. The second-order valence-electron chi connectivity index (χ2n) is 4.14. The molecule has 0 saturated heterocycles. The van der Waals surface area contributed by atoms with Crippen molar-refractivity contribution in [3.63, 3.8) is 0 Å². The van der Waals surface area contributed by atoms with E-state index in [0.29, 0.717) is 0 Å². The van der Waals surface area contributed by atoms with E-state index in [1.807, 2.05) is 0 Å². The second kappa shape index (κ2) is 6.41. The molecule has 0 aliphatic carbocycles. The second-order valence-corrected chi connectivity index (χ2v) is 4.55. The summed E-state index contributed by atoms with van der Waals surface area (Å²) in [5.74, 6) is -1.33. The van der Waals surface area contributed by atoms with Crippen LogP contribution in [0, 0.1) is 11.6 Å². The Morgan fingerprint density at radius 3 is 2.52 bits per heavy atom. The molecule has 0 aliphatic rings. The lowest BCUT2D eigenvalue weighted by molar-refractivity contribution is -0.118. The summed E-state index contributed by atoms with van der Waals surface area (Å²) in [4.78, 5) is 11.7. The molecule has 2 aromatic carbocycles. The van der Waals surface area contributed by atoms with E-state index < -0.39 is 17.5 Å². The van der Waals surface area contributed by atoms with Crippen molar-refractivity contribution in [1.29, 1.82) is 0 Å². The SMILES string of the molecule is Nc1cc(F)ccc1NC(=O)COc1ccc(F)cc1Cl. The highest BCUT2D eigenvalue weighted by atomic mass is 35.5. The van der Waals surface area contributed by atoms with Crippen molar-refractivity contribution in [2.24, 2.45) is 0 Å². The number of nitrogens with one attached hydrogen (secondary N) is 1. The van der Waals surface area contributed by atoms with Gasteiger partial charge in [-0.1, -0.05) is 11.6 Å². The Labute approximate surface area is 124 Å². The van der Waals surface area contributed by atoms with Gasteiger partial charge in [-0.3, -0.25) is 4.79 Å². The molecule has 2 aromatic rings. The van der Waals surface area contributed by atoms with Gasteiger partial charge in [0.15, 0.2) is 6.61 Å². The summed E-state index contributed by atoms with van der Waals surface area (Å²) in [6.45, 7) is -0.345. The maximum Gasteiger partial charge on any atom is 0.262 e. The minimum absolute atomic E-state index is 0.0593. The Balaban J connectivity index is 1.96. The maximum atomic E-state index is 12.9. The molecule has 21 heavy (non-hydrogen) atoms. The molecule has 1 amide bonds. The predicted molar refractivity (Wildman–Crippen MR) is 76.3 cm³/mol. The van der Waals surface area contributed by atoms with E-state index in [0.717, 1.165) is 18.2 Å². The van der Waals surface area contributed by atoms with E-state index in [4.69, 9.17) is 22.1 Å². The Kier molecular flexibility index (Phi) is 4.59. The zero-order chi connectivity index (χ0) is 15.4. The Morgan fingerprint density at radius 1 is 1.19 bits per heavy atom. The average Bonchev–Trinajstić information content (AvgIpc) is 2.41. The van der Waals surface area contributed by atoms with Crippen LogP contribution in [0.4, 0.5) is 20.2 Å². The largest absolute Gasteiger partial charge is 0.482 e. The van der Waals surface area contributed by atoms with Crippen molar-refractivity contribution >= 4 is 28.9 Å². The highest BCUT2D eigenvalue weighted by Gasteiger charge is 2.09. The number of rotatable bonds is 4. The lowest BCUT2D eigenvalue weighted by Gasteiger charge is -2.10. The molecule has 0 saturated carbocycles. The van der Waals surface area contributed by atoms with Crippen LogP contribution in [0.5, 0.6) is 5.75 Å². The molecule has 0 atom stereocenters. The number of nitrogen functional groups attached to an aromatic ring is 1. The van der Waals surface area contributed by atoms with E-state index in [9.17, 15) is 13.6 Å². The number of anilines is 2. The zero-order valence-electron chi connectivity index (χ0n) is 10.7. The number of hydrogen-bond donors (Lipinski definition) is 2. The van der Waals surface area contributed by atoms with Gasteiger partial charge in [0, 0.05) is 0 Å². The third-order valence-corrected chi connectivity index (χ3v) is 2.84. The van der Waals surface area contributed by atoms with Crippen LogP contribution in [0.25, 0.3) is 0 Å². The summed E-state index contributed by atoms with van der Waals surface area (Å²) in [5.41, 5.74) is 5.93. The summed E-state index contributed by atoms with van der Waals surface area (Å²) in [5, 5.41) is 2.53. The fraction of sp³-hybridized carbons (Fsp3) is 0.0714. The number of amides is 1. The summed E-state index contributed by atoms with van der Waals surface area (Å²) in [6.07, 6.45) is 0. The number of nitrogens with two attached hydrogens (primary N) is 1. The minimum Gasteiger partial charge on any atom is -0.482 e. The molecule has 0 fully saturated rings. The van der Waals surface area contributed by atoms with E-state index in [1.54, 1.807) is 0 Å². The first-order valence-electron chi connectivity index (χ1n) is 5.88. The molecule has 2 rings (SSSR count). The van der Waals surface area contributed by atoms with E-state index in [-0.39, 0.29) is 28.8 Å². The summed E-state index contributed by atoms with van der Waals surface area (Å²) >= 11 is 5.76. The number of ether oxygens (including phenoxy) is 1. The molecule has 4 nitrogen and oxygen atoms in total. The molecule has 0 spiro atoms. The maximum absolute atomic E-state index is 12.9. The van der Waals surface area contributed by atoms with Crippen LogP contribution in [0.15, 0.2) is 36.4 Å². The van der Waals surface area contributed by atoms with Gasteiger partial charge in [-0.2, -0.15) is 0 Å². The van der Waals surface area contributed by atoms with Crippen LogP contribution in [0.1, 0.15) is 0 Å². The van der Waals surface area contributed by atoms with Crippen LogP contribution in [0.3, 0.4) is 0 Å². The lowest BCUT2D eigenvalue weighted by atomic mass is 10.2. The van der Waals surface area contributed by atoms with Crippen molar-refractivity contribution in [3.05, 3.63) is 53.1 Å². The van der Waals surface area contributed by atoms with Crippen LogP contribution in [-0.4, -0.2) is 12.5 Å². The van der Waals surface area contributed by atoms with Crippen molar-refractivity contribution in [2.45, 2.75) is 0 Å². The van der Waals surface area contributed by atoms with Gasteiger partial charge in [0.2, 0.25) is 0 Å². The van der Waals surface area contributed by atoms with Gasteiger partial charge in [0.05, 0.1) is 16.4 Å². The number of carbonyl (C=O) groups excluding carboxylic acids is 1. The number of halogens is 3. The molecular formula is C14H11ClF2N2O2. The van der Waals surface area contributed by atoms with Gasteiger partial charge in [0.1, 0.15) is 17.4 Å². The molecule has 0 unspecified atom stereocenters. The smallest absolute Gasteiger partial charge is 0.262 e. The topological polar surface area (TPSA) is 64.3 Å². The lowest BCUT2D eigenvalue weighted by Crippen LogP contribution is -2.21. The molecule has 0 heterocycles. The molecule has 0 radical (unpaired) electrons. The monoisotopic (exact) mass is 312 g/mol. The third-order valence-electron chi connectivity index (χ3n) is 2.54. The molecule has 110 valence electrons. The Hall–Kier alpha value is -2.34. The van der Waals surface area contributed by atoms with Crippen molar-refractivity contribution < 1.29 is 18.3 Å². The molecule has 0 bridgehead atoms. The predicted octanol–water partition coefficient (Wildman–Crippen LogP) is 3.22. The van der Waals surface area contributed by atoms with Crippen LogP contribution in [-0.2, 0) is 4.79 Å². The van der Waals surface area contributed by atoms with Crippen molar-refractivity contribution in [3.8, 4) is 5.75 Å². The van der Waals surface area contributed by atoms with Gasteiger partial charge in [-0.15, -0.1) is 0 Å². The zero-order valence-corrected chi connectivity index (χ0v) is 11.5. The quantitative estimate of drug-likeness (QED) is 0.852. The fourth-order valence-electron chi connectivity index (χ4n) is 1.57. The number of hydrogen-bond acceptors (Lipinski definition) is 3. The third kappa shape index (κ3) is 4.06. The minimum atomic E-state index is -0.506. The van der Waals surface area contributed by atoms with Gasteiger partial charge < -0.3 is 15.8 Å². The summed E-state index contributed by atoms with van der Waals surface area (Å²) < 4.78 is 30.9. The van der Waals surface area contributed by atoms with E-state index >= 15 is 0 Å². The molecule has 3 N–H and O–H groups in total. The first-order valence-corrected chi connectivity index (χ1v) is 6.26. The van der Waals surface area contributed by atoms with Crippen molar-refractivity contribution in [1.82, 2.24) is 0 Å². The highest BCUT2D eigenvalue weighted by Crippen LogP contribution is 2.25. The normalized spacial score (nSPS) is 10.2. The van der Waals surface area contributed by atoms with E-state index in [1.165, 1.54) is 18.2 Å². The number of benzene rings is 2. The van der Waals surface area contributed by atoms with Gasteiger partial charge in [-0.25, -0.2) is 8.78 Å². The average molecular weight is 313 g/mol.